The third kappa shape index (κ3) is 17.3. The quantitative estimate of drug-likeness (QED) is 0.0218. The van der Waals surface area contributed by atoms with E-state index in [1.165, 1.54) is 77.0 Å². The first-order valence-corrected chi connectivity index (χ1v) is 22.1. The fraction of sp³-hybridized carbons (Fsp3) is 0.480. The molecule has 2 heterocycles. The summed E-state index contributed by atoms with van der Waals surface area (Å²) in [6, 6.07) is 28.3. The van der Waals surface area contributed by atoms with Gasteiger partial charge in [-0.25, -0.2) is 9.59 Å². The summed E-state index contributed by atoms with van der Waals surface area (Å²) in [5.41, 5.74) is 0.932. The summed E-state index contributed by atoms with van der Waals surface area (Å²) in [5, 5.41) is 0. The van der Waals surface area contributed by atoms with Gasteiger partial charge in [0.05, 0.1) is 37.1 Å². The van der Waals surface area contributed by atoms with E-state index < -0.39 is 11.9 Å². The average molecular weight is 823 g/mol. The number of hydrogen-bond acceptors (Lipinski definition) is 10. The fourth-order valence-corrected chi connectivity index (χ4v) is 6.74. The molecule has 6 rings (SSSR count). The molecule has 0 N–H and O–H groups in total. The second kappa shape index (κ2) is 24.9. The molecule has 2 saturated heterocycles. The number of ether oxygens (including phenoxy) is 8. The summed E-state index contributed by atoms with van der Waals surface area (Å²) >= 11 is 0. The number of rotatable bonds is 30. The molecule has 0 spiro atoms. The van der Waals surface area contributed by atoms with Crippen LogP contribution in [0.2, 0.25) is 0 Å². The maximum atomic E-state index is 12.6. The number of esters is 2. The van der Waals surface area contributed by atoms with Crippen LogP contribution >= 0.6 is 0 Å². The lowest BCUT2D eigenvalue weighted by Gasteiger charge is -2.15. The van der Waals surface area contributed by atoms with E-state index in [2.05, 4.69) is 6.92 Å². The summed E-state index contributed by atoms with van der Waals surface area (Å²) in [4.78, 5) is 25.1. The van der Waals surface area contributed by atoms with Crippen LogP contribution in [0.1, 0.15) is 124 Å². The standard InChI is InChI=1S/C50H62O10/c1-38(58-44-29-31-46(32-30-44)60-50(52)40-19-23-43(24-20-40)55-35-48-37-57-48)16-14-12-10-8-6-4-2-3-5-7-9-11-13-15-33-53-41-25-27-45(28-26-41)59-49(51)39-17-21-42(22-18-39)54-34-47-36-56-47/h17-32,38,47-48H,2-16,33-37H2,1H3. The van der Waals surface area contributed by atoms with Gasteiger partial charge in [0, 0.05) is 0 Å². The van der Waals surface area contributed by atoms with Crippen molar-refractivity contribution >= 4 is 11.9 Å². The minimum absolute atomic E-state index is 0.133. The largest absolute Gasteiger partial charge is 0.494 e. The van der Waals surface area contributed by atoms with Gasteiger partial charge in [-0.15, -0.1) is 0 Å². The van der Waals surface area contributed by atoms with Crippen LogP contribution in [-0.4, -0.2) is 63.3 Å². The Balaban J connectivity index is 0.684. The van der Waals surface area contributed by atoms with Crippen molar-refractivity contribution in [3.63, 3.8) is 0 Å². The van der Waals surface area contributed by atoms with Crippen LogP contribution < -0.4 is 28.4 Å². The van der Waals surface area contributed by atoms with E-state index in [1.54, 1.807) is 72.8 Å². The molecule has 0 aromatic heterocycles. The van der Waals surface area contributed by atoms with Crippen molar-refractivity contribution in [2.24, 2.45) is 0 Å². The van der Waals surface area contributed by atoms with Gasteiger partial charge >= 0.3 is 11.9 Å². The minimum atomic E-state index is -0.411. The highest BCUT2D eigenvalue weighted by molar-refractivity contribution is 5.91. The zero-order valence-electron chi connectivity index (χ0n) is 35.2. The van der Waals surface area contributed by atoms with Gasteiger partial charge in [0.15, 0.2) is 0 Å². The summed E-state index contributed by atoms with van der Waals surface area (Å²) in [7, 11) is 0. The molecule has 60 heavy (non-hydrogen) atoms. The Labute approximate surface area is 355 Å². The number of hydrogen-bond donors (Lipinski definition) is 0. The summed E-state index contributed by atoms with van der Waals surface area (Å²) in [6.07, 6.45) is 19.3. The highest BCUT2D eigenvalue weighted by atomic mass is 16.6. The van der Waals surface area contributed by atoms with Crippen molar-refractivity contribution in [3.05, 3.63) is 108 Å². The Morgan fingerprint density at radius 2 is 0.800 bits per heavy atom. The first-order valence-electron chi connectivity index (χ1n) is 22.1. The molecule has 3 unspecified atom stereocenters. The van der Waals surface area contributed by atoms with Crippen LogP contribution in [0.15, 0.2) is 97.1 Å². The van der Waals surface area contributed by atoms with E-state index in [0.29, 0.717) is 53.9 Å². The lowest BCUT2D eigenvalue weighted by atomic mass is 10.0. The van der Waals surface area contributed by atoms with Crippen LogP contribution in [0, 0.1) is 0 Å². The predicted molar refractivity (Wildman–Crippen MR) is 231 cm³/mol. The lowest BCUT2D eigenvalue weighted by molar-refractivity contribution is 0.0725. The number of benzene rings is 4. The number of carbonyl (C=O) groups is 2. The van der Waals surface area contributed by atoms with Gasteiger partial charge in [-0.2, -0.15) is 0 Å². The topological polar surface area (TPSA) is 115 Å². The molecule has 0 radical (unpaired) electrons. The lowest BCUT2D eigenvalue weighted by Crippen LogP contribution is -2.12. The molecule has 0 saturated carbocycles. The molecular weight excluding hydrogens is 761 g/mol. The van der Waals surface area contributed by atoms with Gasteiger partial charge in [-0.05, 0) is 123 Å². The Kier molecular flexibility index (Phi) is 18.5. The van der Waals surface area contributed by atoms with Gasteiger partial charge in [-0.1, -0.05) is 77.0 Å². The molecule has 0 amide bonds. The van der Waals surface area contributed by atoms with Gasteiger partial charge in [-0.3, -0.25) is 0 Å². The third-order valence-corrected chi connectivity index (χ3v) is 10.5. The SMILES string of the molecule is CC(CCCCCCCCCCCCCCCCOc1ccc(OC(=O)c2ccc(OCC3CO3)cc2)cc1)Oc1ccc(OC(=O)c2ccc(OCC3CO3)cc2)cc1. The van der Waals surface area contributed by atoms with Crippen LogP contribution in [-0.2, 0) is 9.47 Å². The zero-order valence-corrected chi connectivity index (χ0v) is 35.2. The van der Waals surface area contributed by atoms with Crippen LogP contribution in [0.3, 0.4) is 0 Å². The monoisotopic (exact) mass is 822 g/mol. The summed E-state index contributed by atoms with van der Waals surface area (Å²) in [6.45, 7) is 5.35. The van der Waals surface area contributed by atoms with E-state index in [9.17, 15) is 9.59 Å². The molecular formula is C50H62O10. The van der Waals surface area contributed by atoms with E-state index in [1.807, 2.05) is 24.3 Å². The second-order valence-electron chi connectivity index (χ2n) is 15.8. The fourth-order valence-electron chi connectivity index (χ4n) is 6.74. The van der Waals surface area contributed by atoms with E-state index in [-0.39, 0.29) is 18.3 Å². The molecule has 322 valence electrons. The zero-order chi connectivity index (χ0) is 41.6. The Hall–Kier alpha value is -5.06. The van der Waals surface area contributed by atoms with Crippen LogP contribution in [0.4, 0.5) is 0 Å². The molecule has 2 aliphatic heterocycles. The van der Waals surface area contributed by atoms with E-state index in [4.69, 9.17) is 37.9 Å². The summed E-state index contributed by atoms with van der Waals surface area (Å²) < 4.78 is 44.6. The molecule has 10 nitrogen and oxygen atoms in total. The van der Waals surface area contributed by atoms with Crippen LogP contribution in [0.5, 0.6) is 34.5 Å². The maximum absolute atomic E-state index is 12.6. The number of epoxide rings is 2. The van der Waals surface area contributed by atoms with Crippen molar-refractivity contribution in [2.75, 3.05) is 33.0 Å². The second-order valence-corrected chi connectivity index (χ2v) is 15.8. The highest BCUT2D eigenvalue weighted by Crippen LogP contribution is 2.24. The van der Waals surface area contributed by atoms with Crippen LogP contribution in [0.25, 0.3) is 0 Å². The van der Waals surface area contributed by atoms with Crippen molar-refractivity contribution in [2.45, 2.75) is 122 Å². The molecule has 2 aliphatic rings. The Morgan fingerprint density at radius 1 is 0.467 bits per heavy atom. The van der Waals surface area contributed by atoms with Crippen molar-refractivity contribution in [1.82, 2.24) is 0 Å². The molecule has 10 heteroatoms. The molecule has 4 aromatic carbocycles. The minimum Gasteiger partial charge on any atom is -0.494 e. The Bertz CT molecular complexity index is 1820. The molecule has 0 aliphatic carbocycles. The smallest absolute Gasteiger partial charge is 0.343 e. The number of unbranched alkanes of at least 4 members (excludes halogenated alkanes) is 13. The summed E-state index contributed by atoms with van der Waals surface area (Å²) in [5.74, 6) is 3.11. The van der Waals surface area contributed by atoms with Gasteiger partial charge in [0.25, 0.3) is 0 Å². The van der Waals surface area contributed by atoms with Gasteiger partial charge < -0.3 is 37.9 Å². The Morgan fingerprint density at radius 3 is 1.22 bits per heavy atom. The predicted octanol–water partition coefficient (Wildman–Crippen LogP) is 11.4. The first kappa shape index (κ1) is 44.5. The number of carbonyl (C=O) groups excluding carboxylic acids is 2. The molecule has 3 atom stereocenters. The average Bonchev–Trinajstić information content (AvgIpc) is 4.22. The van der Waals surface area contributed by atoms with Crippen molar-refractivity contribution in [1.29, 1.82) is 0 Å². The molecule has 2 fully saturated rings. The maximum Gasteiger partial charge on any atom is 0.343 e. The third-order valence-electron chi connectivity index (χ3n) is 10.5. The van der Waals surface area contributed by atoms with Crippen molar-refractivity contribution in [3.8, 4) is 34.5 Å². The first-order chi connectivity index (χ1) is 29.5. The van der Waals surface area contributed by atoms with E-state index in [0.717, 1.165) is 44.0 Å². The van der Waals surface area contributed by atoms with E-state index >= 15 is 0 Å². The molecule has 4 aromatic rings. The highest BCUT2D eigenvalue weighted by Gasteiger charge is 2.24. The van der Waals surface area contributed by atoms with Gasteiger partial charge in [0.1, 0.15) is 59.9 Å². The molecule has 0 bridgehead atoms. The normalized spacial score (nSPS) is 15.8. The van der Waals surface area contributed by atoms with Crippen molar-refractivity contribution < 1.29 is 47.5 Å². The van der Waals surface area contributed by atoms with Gasteiger partial charge in [0.2, 0.25) is 0 Å².